The van der Waals surface area contributed by atoms with Gasteiger partial charge in [0.1, 0.15) is 5.82 Å². The summed E-state index contributed by atoms with van der Waals surface area (Å²) in [4.78, 5) is 0. The average molecular weight is 421 g/mol. The molecule has 8 heteroatoms. The van der Waals surface area contributed by atoms with Crippen molar-refractivity contribution < 1.29 is 22.7 Å². The highest BCUT2D eigenvalue weighted by Crippen LogP contribution is 2.32. The highest BCUT2D eigenvalue weighted by Gasteiger charge is 2.34. The van der Waals surface area contributed by atoms with Crippen molar-refractivity contribution in [1.29, 1.82) is 0 Å². The van der Waals surface area contributed by atoms with Crippen LogP contribution in [0, 0.1) is 5.82 Å². The molecule has 0 radical (unpaired) electrons. The maximum atomic E-state index is 13.3. The van der Waals surface area contributed by atoms with Crippen molar-refractivity contribution >= 4 is 21.6 Å². The fraction of sp³-hybridized carbons (Fsp3) is 0.294. The van der Waals surface area contributed by atoms with E-state index in [4.69, 9.17) is 5.11 Å². The van der Waals surface area contributed by atoms with Crippen LogP contribution in [0.15, 0.2) is 40.9 Å². The Morgan fingerprint density at radius 3 is 2.48 bits per heavy atom. The van der Waals surface area contributed by atoms with Gasteiger partial charge < -0.3 is 15.7 Å². The van der Waals surface area contributed by atoms with Gasteiger partial charge in [-0.3, -0.25) is 0 Å². The molecule has 3 N–H and O–H groups in total. The van der Waals surface area contributed by atoms with Crippen LogP contribution in [0.25, 0.3) is 0 Å². The molecule has 0 fully saturated rings. The molecule has 0 saturated carbocycles. The summed E-state index contributed by atoms with van der Waals surface area (Å²) in [5.41, 5.74) is 0.686. The van der Waals surface area contributed by atoms with E-state index in [1.165, 1.54) is 6.07 Å². The first-order valence-electron chi connectivity index (χ1n) is 7.50. The molecule has 0 aliphatic carbocycles. The van der Waals surface area contributed by atoms with Gasteiger partial charge in [-0.25, -0.2) is 4.39 Å². The van der Waals surface area contributed by atoms with Crippen molar-refractivity contribution in [1.82, 2.24) is 5.32 Å². The summed E-state index contributed by atoms with van der Waals surface area (Å²) < 4.78 is 52.5. The second-order valence-electron chi connectivity index (χ2n) is 5.37. The molecule has 0 amide bonds. The summed E-state index contributed by atoms with van der Waals surface area (Å²) in [6, 6.07) is 8.44. The van der Waals surface area contributed by atoms with Gasteiger partial charge in [0.05, 0.1) is 12.2 Å². The summed E-state index contributed by atoms with van der Waals surface area (Å²) in [6.45, 7) is 1.04. The zero-order valence-corrected chi connectivity index (χ0v) is 14.7. The van der Waals surface area contributed by atoms with Crippen LogP contribution in [-0.4, -0.2) is 18.3 Å². The molecule has 2 aromatic rings. The summed E-state index contributed by atoms with van der Waals surface area (Å²) in [5, 5.41) is 14.9. The Bertz CT molecular complexity index is 722. The number of halogens is 5. The Balaban J connectivity index is 2.13. The van der Waals surface area contributed by atoms with E-state index < -0.39 is 17.6 Å². The smallest absolute Gasteiger partial charge is 0.395 e. The minimum atomic E-state index is -4.73. The number of nitrogens with one attached hydrogen (secondary N) is 2. The van der Waals surface area contributed by atoms with Gasteiger partial charge in [0.15, 0.2) is 0 Å². The van der Waals surface area contributed by atoms with Crippen LogP contribution in [0.1, 0.15) is 16.7 Å². The van der Waals surface area contributed by atoms with Crippen molar-refractivity contribution in [3.8, 4) is 0 Å². The van der Waals surface area contributed by atoms with Crippen LogP contribution in [0.4, 0.5) is 23.2 Å². The lowest BCUT2D eigenvalue weighted by atomic mass is 10.1. The molecule has 0 heterocycles. The quantitative estimate of drug-likeness (QED) is 0.462. The van der Waals surface area contributed by atoms with Crippen molar-refractivity contribution in [2.24, 2.45) is 0 Å². The van der Waals surface area contributed by atoms with E-state index >= 15 is 0 Å². The van der Waals surface area contributed by atoms with Crippen LogP contribution in [0.2, 0.25) is 0 Å². The number of anilines is 1. The molecule has 0 atom stereocenters. The van der Waals surface area contributed by atoms with E-state index in [2.05, 4.69) is 26.6 Å². The van der Waals surface area contributed by atoms with Gasteiger partial charge in [0.2, 0.25) is 0 Å². The zero-order chi connectivity index (χ0) is 18.4. The molecule has 0 aliphatic rings. The van der Waals surface area contributed by atoms with Crippen molar-refractivity contribution in [2.45, 2.75) is 19.3 Å². The second-order valence-corrected chi connectivity index (χ2v) is 6.28. The minimum absolute atomic E-state index is 0.00651. The zero-order valence-electron chi connectivity index (χ0n) is 13.1. The Morgan fingerprint density at radius 1 is 1.04 bits per heavy atom. The largest absolute Gasteiger partial charge is 0.419 e. The number of hydrogen-bond donors (Lipinski definition) is 3. The molecular formula is C17H17BrF4N2O. The van der Waals surface area contributed by atoms with Crippen LogP contribution >= 0.6 is 15.9 Å². The predicted octanol–water partition coefficient (Wildman–Crippen LogP) is 4.30. The number of aliphatic hydroxyl groups excluding tert-OH is 1. The number of hydrogen-bond acceptors (Lipinski definition) is 3. The minimum Gasteiger partial charge on any atom is -0.395 e. The van der Waals surface area contributed by atoms with Crippen molar-refractivity contribution in [3.05, 3.63) is 63.4 Å². The first kappa shape index (κ1) is 19.7. The highest BCUT2D eigenvalue weighted by molar-refractivity contribution is 9.10. The van der Waals surface area contributed by atoms with Gasteiger partial charge in [0, 0.05) is 29.8 Å². The molecule has 0 saturated heterocycles. The molecule has 3 nitrogen and oxygen atoms in total. The highest BCUT2D eigenvalue weighted by atomic mass is 79.9. The molecule has 0 bridgehead atoms. The molecule has 25 heavy (non-hydrogen) atoms. The average Bonchev–Trinajstić information content (AvgIpc) is 2.54. The molecule has 0 spiro atoms. The lowest BCUT2D eigenvalue weighted by Gasteiger charge is -2.15. The molecule has 0 aromatic heterocycles. The molecule has 0 aliphatic heterocycles. The van der Waals surface area contributed by atoms with Gasteiger partial charge in [-0.05, 0) is 41.5 Å². The standard InChI is InChI=1S/C17H17BrF4N2O/c18-13-2-4-16(12(8-13)10-23-5-6-25)24-9-11-1-3-15(19)14(7-11)17(20,21)22/h1-4,7-8,23-25H,5-6,9-10H2. The van der Waals surface area contributed by atoms with E-state index in [1.54, 1.807) is 6.07 Å². The van der Waals surface area contributed by atoms with E-state index in [0.29, 0.717) is 18.7 Å². The van der Waals surface area contributed by atoms with E-state index in [9.17, 15) is 17.6 Å². The SMILES string of the molecule is OCCNCc1cc(Br)ccc1NCc1ccc(F)c(C(F)(F)F)c1. The monoisotopic (exact) mass is 420 g/mol. The van der Waals surface area contributed by atoms with Crippen molar-refractivity contribution in [3.63, 3.8) is 0 Å². The summed E-state index contributed by atoms with van der Waals surface area (Å²) in [7, 11) is 0. The topological polar surface area (TPSA) is 44.3 Å². The van der Waals surface area contributed by atoms with E-state index in [1.807, 2.05) is 12.1 Å². The number of aliphatic hydroxyl groups is 1. The van der Waals surface area contributed by atoms with Gasteiger partial charge >= 0.3 is 6.18 Å². The third-order valence-corrected chi connectivity index (χ3v) is 3.98. The second kappa shape index (κ2) is 8.64. The van der Waals surface area contributed by atoms with Crippen LogP contribution in [-0.2, 0) is 19.3 Å². The molecule has 0 unspecified atom stereocenters. The van der Waals surface area contributed by atoms with E-state index in [0.717, 1.165) is 27.9 Å². The summed E-state index contributed by atoms with van der Waals surface area (Å²) >= 11 is 3.37. The molecular weight excluding hydrogens is 404 g/mol. The maximum Gasteiger partial charge on any atom is 0.419 e. The van der Waals surface area contributed by atoms with Crippen molar-refractivity contribution in [2.75, 3.05) is 18.5 Å². The molecule has 2 aromatic carbocycles. The Kier molecular flexibility index (Phi) is 6.80. The summed E-state index contributed by atoms with van der Waals surface area (Å²) in [5.74, 6) is -1.28. The normalized spacial score (nSPS) is 11.6. The number of alkyl halides is 3. The van der Waals surface area contributed by atoms with Gasteiger partial charge in [-0.15, -0.1) is 0 Å². The molecule has 136 valence electrons. The number of benzene rings is 2. The fourth-order valence-corrected chi connectivity index (χ4v) is 2.69. The number of rotatable bonds is 7. The molecule has 2 rings (SSSR count). The van der Waals surface area contributed by atoms with Gasteiger partial charge in [-0.1, -0.05) is 22.0 Å². The van der Waals surface area contributed by atoms with Crippen LogP contribution < -0.4 is 10.6 Å². The lowest BCUT2D eigenvalue weighted by molar-refractivity contribution is -0.140. The van der Waals surface area contributed by atoms with Gasteiger partial charge in [-0.2, -0.15) is 13.2 Å². The fourth-order valence-electron chi connectivity index (χ4n) is 2.28. The first-order valence-corrected chi connectivity index (χ1v) is 8.30. The predicted molar refractivity (Wildman–Crippen MR) is 91.7 cm³/mol. The Morgan fingerprint density at radius 2 is 1.80 bits per heavy atom. The summed E-state index contributed by atoms with van der Waals surface area (Å²) in [6.07, 6.45) is -4.73. The first-order chi connectivity index (χ1) is 11.8. The van der Waals surface area contributed by atoms with Gasteiger partial charge in [0.25, 0.3) is 0 Å². The third kappa shape index (κ3) is 5.69. The maximum absolute atomic E-state index is 13.3. The Labute approximate surface area is 151 Å². The van der Waals surface area contributed by atoms with Crippen LogP contribution in [0.5, 0.6) is 0 Å². The van der Waals surface area contributed by atoms with Crippen LogP contribution in [0.3, 0.4) is 0 Å². The Hall–Kier alpha value is -1.64. The third-order valence-electron chi connectivity index (χ3n) is 3.49. The van der Waals surface area contributed by atoms with E-state index in [-0.39, 0.29) is 13.2 Å². The lowest BCUT2D eigenvalue weighted by Crippen LogP contribution is -2.18.